The molecule has 0 aromatic carbocycles. The van der Waals surface area contributed by atoms with E-state index in [0.29, 0.717) is 19.8 Å². The van der Waals surface area contributed by atoms with E-state index in [-0.39, 0.29) is 12.1 Å². The molecule has 1 aliphatic heterocycles. The molecule has 5 nitrogen and oxygen atoms in total. The first kappa shape index (κ1) is 12.8. The molecule has 6 heteroatoms. The Morgan fingerprint density at radius 2 is 2.37 bits per heavy atom. The first-order chi connectivity index (χ1) is 9.28. The Labute approximate surface area is 116 Å². The van der Waals surface area contributed by atoms with Gasteiger partial charge in [-0.05, 0) is 25.3 Å². The lowest BCUT2D eigenvalue weighted by Gasteiger charge is -2.19. The maximum atomic E-state index is 5.68. The number of nitrogens with one attached hydrogen (secondary N) is 1. The minimum absolute atomic E-state index is 0.0929. The summed E-state index contributed by atoms with van der Waals surface area (Å²) >= 11 is 1.65. The van der Waals surface area contributed by atoms with Gasteiger partial charge in [0, 0.05) is 6.61 Å². The van der Waals surface area contributed by atoms with Gasteiger partial charge in [-0.3, -0.25) is 0 Å². The number of hydrogen-bond acceptors (Lipinski definition) is 6. The lowest BCUT2D eigenvalue weighted by Crippen LogP contribution is -2.34. The molecule has 1 aliphatic rings. The number of aromatic nitrogens is 2. The van der Waals surface area contributed by atoms with Crippen LogP contribution in [0.3, 0.4) is 0 Å². The average molecular weight is 279 g/mol. The van der Waals surface area contributed by atoms with Gasteiger partial charge < -0.3 is 14.8 Å². The van der Waals surface area contributed by atoms with Crippen LogP contribution in [0.5, 0.6) is 0 Å². The average Bonchev–Trinajstić information content (AvgIpc) is 2.99. The Kier molecular flexibility index (Phi) is 3.63. The molecule has 1 saturated heterocycles. The summed E-state index contributed by atoms with van der Waals surface area (Å²) in [6, 6.07) is 2.17. The normalized spacial score (nSPS) is 23.1. The molecule has 0 bridgehead atoms. The summed E-state index contributed by atoms with van der Waals surface area (Å²) in [5, 5.41) is 5.49. The molecule has 0 saturated carbocycles. The molecule has 0 spiro atoms. The first-order valence-electron chi connectivity index (χ1n) is 6.45. The number of ether oxygens (including phenoxy) is 2. The van der Waals surface area contributed by atoms with Crippen LogP contribution in [0.1, 0.15) is 12.7 Å². The van der Waals surface area contributed by atoms with E-state index in [4.69, 9.17) is 9.47 Å². The molecule has 3 rings (SSSR count). The van der Waals surface area contributed by atoms with Crippen LogP contribution >= 0.6 is 11.3 Å². The molecule has 2 atom stereocenters. The van der Waals surface area contributed by atoms with Crippen molar-refractivity contribution in [3.63, 3.8) is 0 Å². The molecule has 0 amide bonds. The maximum absolute atomic E-state index is 5.68. The lowest BCUT2D eigenvalue weighted by atomic mass is 10.2. The molecule has 19 heavy (non-hydrogen) atoms. The van der Waals surface area contributed by atoms with Gasteiger partial charge in [0.15, 0.2) is 0 Å². The van der Waals surface area contributed by atoms with Crippen LogP contribution < -0.4 is 5.32 Å². The van der Waals surface area contributed by atoms with E-state index < -0.39 is 0 Å². The number of fused-ring (bicyclic) bond motifs is 1. The summed E-state index contributed by atoms with van der Waals surface area (Å²) in [5.74, 6) is 1.66. The van der Waals surface area contributed by atoms with Crippen molar-refractivity contribution in [1.29, 1.82) is 0 Å². The third kappa shape index (κ3) is 2.56. The number of anilines is 1. The van der Waals surface area contributed by atoms with E-state index in [1.165, 1.54) is 0 Å². The fourth-order valence-electron chi connectivity index (χ4n) is 2.30. The molecule has 3 heterocycles. The Hall–Kier alpha value is -1.24. The summed E-state index contributed by atoms with van der Waals surface area (Å²) in [7, 11) is 0. The largest absolute Gasteiger partial charge is 0.376 e. The third-order valence-electron chi connectivity index (χ3n) is 3.15. The summed E-state index contributed by atoms with van der Waals surface area (Å²) in [6.07, 6.45) is 0.0929. The van der Waals surface area contributed by atoms with Crippen LogP contribution in [0.25, 0.3) is 10.2 Å². The molecule has 2 unspecified atom stereocenters. The second kappa shape index (κ2) is 5.40. The summed E-state index contributed by atoms with van der Waals surface area (Å²) in [4.78, 5) is 8.93. The van der Waals surface area contributed by atoms with E-state index in [1.54, 1.807) is 11.3 Å². The fraction of sp³-hybridized carbons (Fsp3) is 0.538. The van der Waals surface area contributed by atoms with Crippen molar-refractivity contribution in [2.75, 3.05) is 25.1 Å². The van der Waals surface area contributed by atoms with Crippen molar-refractivity contribution < 1.29 is 9.47 Å². The Bertz CT molecular complexity index is 572. The van der Waals surface area contributed by atoms with Gasteiger partial charge >= 0.3 is 0 Å². The Balaban J connectivity index is 1.86. The Morgan fingerprint density at radius 1 is 1.47 bits per heavy atom. The van der Waals surface area contributed by atoms with Gasteiger partial charge in [0.05, 0.1) is 29.5 Å². The predicted octanol–water partition coefficient (Wildman–Crippen LogP) is 2.22. The van der Waals surface area contributed by atoms with E-state index in [0.717, 1.165) is 21.9 Å². The minimum Gasteiger partial charge on any atom is -0.376 e. The van der Waals surface area contributed by atoms with Crippen LogP contribution in [0.2, 0.25) is 0 Å². The SMILES string of the molecule is CCOC1COCC1Nc1nc(C)nc2ccsc12. The molecule has 2 aromatic rings. The van der Waals surface area contributed by atoms with Crippen molar-refractivity contribution in [2.24, 2.45) is 0 Å². The van der Waals surface area contributed by atoms with Crippen LogP contribution in [0.4, 0.5) is 5.82 Å². The van der Waals surface area contributed by atoms with Crippen LogP contribution in [-0.4, -0.2) is 41.9 Å². The van der Waals surface area contributed by atoms with Gasteiger partial charge in [-0.25, -0.2) is 9.97 Å². The van der Waals surface area contributed by atoms with Crippen LogP contribution in [-0.2, 0) is 9.47 Å². The molecular weight excluding hydrogens is 262 g/mol. The Morgan fingerprint density at radius 3 is 3.21 bits per heavy atom. The van der Waals surface area contributed by atoms with Gasteiger partial charge in [0.2, 0.25) is 0 Å². The topological polar surface area (TPSA) is 56.3 Å². The van der Waals surface area contributed by atoms with E-state index in [1.807, 2.05) is 25.3 Å². The highest BCUT2D eigenvalue weighted by Crippen LogP contribution is 2.27. The third-order valence-corrected chi connectivity index (χ3v) is 4.06. The second-order valence-electron chi connectivity index (χ2n) is 4.54. The number of nitrogens with zero attached hydrogens (tertiary/aromatic N) is 2. The molecule has 1 fully saturated rings. The summed E-state index contributed by atoms with van der Waals surface area (Å²) in [5.41, 5.74) is 0.992. The predicted molar refractivity (Wildman–Crippen MR) is 75.8 cm³/mol. The highest BCUT2D eigenvalue weighted by molar-refractivity contribution is 7.17. The monoisotopic (exact) mass is 279 g/mol. The van der Waals surface area contributed by atoms with Crippen molar-refractivity contribution >= 4 is 27.4 Å². The highest BCUT2D eigenvalue weighted by atomic mass is 32.1. The van der Waals surface area contributed by atoms with Gasteiger partial charge in [-0.2, -0.15) is 0 Å². The zero-order valence-corrected chi connectivity index (χ0v) is 11.9. The van der Waals surface area contributed by atoms with Crippen molar-refractivity contribution in [2.45, 2.75) is 26.0 Å². The van der Waals surface area contributed by atoms with Gasteiger partial charge in [-0.15, -0.1) is 11.3 Å². The van der Waals surface area contributed by atoms with E-state index in [9.17, 15) is 0 Å². The molecular formula is C13H17N3O2S. The summed E-state index contributed by atoms with van der Waals surface area (Å²) < 4.78 is 12.3. The highest BCUT2D eigenvalue weighted by Gasteiger charge is 2.29. The molecule has 2 aromatic heterocycles. The van der Waals surface area contributed by atoms with Crippen LogP contribution in [0, 0.1) is 6.92 Å². The van der Waals surface area contributed by atoms with E-state index in [2.05, 4.69) is 15.3 Å². The molecule has 102 valence electrons. The zero-order valence-electron chi connectivity index (χ0n) is 11.0. The molecule has 0 aliphatic carbocycles. The second-order valence-corrected chi connectivity index (χ2v) is 5.45. The quantitative estimate of drug-likeness (QED) is 0.930. The number of rotatable bonds is 4. The molecule has 0 radical (unpaired) electrons. The standard InChI is InChI=1S/C13H17N3O2S/c1-3-18-11-7-17-6-10(11)16-13-12-9(4-5-19-12)14-8(2)15-13/h4-5,10-11H,3,6-7H2,1-2H3,(H,14,15,16). The zero-order chi connectivity index (χ0) is 13.2. The van der Waals surface area contributed by atoms with Gasteiger partial charge in [0.1, 0.15) is 17.7 Å². The first-order valence-corrected chi connectivity index (χ1v) is 7.33. The number of aryl methyl sites for hydroxylation is 1. The van der Waals surface area contributed by atoms with E-state index >= 15 is 0 Å². The summed E-state index contributed by atoms with van der Waals surface area (Å²) in [6.45, 7) is 5.91. The smallest absolute Gasteiger partial charge is 0.148 e. The van der Waals surface area contributed by atoms with Gasteiger partial charge in [-0.1, -0.05) is 0 Å². The fourth-order valence-corrected chi connectivity index (χ4v) is 3.08. The van der Waals surface area contributed by atoms with Crippen LogP contribution in [0.15, 0.2) is 11.4 Å². The number of hydrogen-bond donors (Lipinski definition) is 1. The minimum atomic E-state index is 0.0929. The number of thiophene rings is 1. The lowest BCUT2D eigenvalue weighted by molar-refractivity contribution is 0.0478. The maximum Gasteiger partial charge on any atom is 0.148 e. The van der Waals surface area contributed by atoms with Crippen molar-refractivity contribution in [3.8, 4) is 0 Å². The van der Waals surface area contributed by atoms with Gasteiger partial charge in [0.25, 0.3) is 0 Å². The molecule has 1 N–H and O–H groups in total. The van der Waals surface area contributed by atoms with Crippen molar-refractivity contribution in [3.05, 3.63) is 17.3 Å². The van der Waals surface area contributed by atoms with Crippen molar-refractivity contribution in [1.82, 2.24) is 9.97 Å².